The molecule has 0 aliphatic heterocycles. The smallest absolute Gasteiger partial charge is 0.341 e. The summed E-state index contributed by atoms with van der Waals surface area (Å²) in [6.07, 6.45) is 2.50. The summed E-state index contributed by atoms with van der Waals surface area (Å²) < 4.78 is 16.3. The highest BCUT2D eigenvalue weighted by Crippen LogP contribution is 2.26. The molecule has 1 aromatic carbocycles. The first-order chi connectivity index (χ1) is 12.4. The van der Waals surface area contributed by atoms with E-state index in [1.807, 2.05) is 13.8 Å². The fraction of sp³-hybridized carbons (Fsp3) is 0.600. The molecular formula is C20H31NO5. The zero-order valence-corrected chi connectivity index (χ0v) is 16.5. The highest BCUT2D eigenvalue weighted by Gasteiger charge is 2.33. The minimum atomic E-state index is -0.909. The van der Waals surface area contributed by atoms with E-state index in [4.69, 9.17) is 14.2 Å². The molecule has 0 aliphatic carbocycles. The molecule has 6 nitrogen and oxygen atoms in total. The summed E-state index contributed by atoms with van der Waals surface area (Å²) in [5.74, 6) is -0.278. The molecule has 1 rings (SSSR count). The number of carbonyl (C=O) groups excluding carboxylic acids is 2. The number of esters is 1. The van der Waals surface area contributed by atoms with Gasteiger partial charge >= 0.3 is 5.97 Å². The van der Waals surface area contributed by atoms with E-state index >= 15 is 0 Å². The summed E-state index contributed by atoms with van der Waals surface area (Å²) in [7, 11) is 0. The van der Waals surface area contributed by atoms with Gasteiger partial charge < -0.3 is 19.5 Å². The largest absolute Gasteiger partial charge is 0.493 e. The molecule has 0 heterocycles. The lowest BCUT2D eigenvalue weighted by Crippen LogP contribution is -2.42. The van der Waals surface area contributed by atoms with Crippen LogP contribution in [0.4, 0.5) is 5.69 Å². The van der Waals surface area contributed by atoms with Crippen LogP contribution in [-0.4, -0.2) is 37.3 Å². The first kappa shape index (κ1) is 22.0. The lowest BCUT2D eigenvalue weighted by Gasteiger charge is -2.28. The van der Waals surface area contributed by atoms with E-state index in [1.165, 1.54) is 0 Å². The number of unbranched alkanes of at least 4 members (excludes halogenated alkanes) is 1. The number of hydrogen-bond donors (Lipinski definition) is 1. The lowest BCUT2D eigenvalue weighted by atomic mass is 9.97. The molecular weight excluding hydrogens is 334 g/mol. The molecule has 6 heteroatoms. The van der Waals surface area contributed by atoms with Gasteiger partial charge in [-0.3, -0.25) is 4.79 Å². The van der Waals surface area contributed by atoms with Crippen LogP contribution in [-0.2, 0) is 14.3 Å². The van der Waals surface area contributed by atoms with Crippen LogP contribution in [0.1, 0.15) is 64.2 Å². The molecule has 1 atom stereocenters. The zero-order valence-electron chi connectivity index (χ0n) is 16.5. The van der Waals surface area contributed by atoms with Gasteiger partial charge in [-0.05, 0) is 52.3 Å². The number of carbonyl (C=O) groups is 2. The van der Waals surface area contributed by atoms with Crippen molar-refractivity contribution in [2.75, 3.05) is 25.1 Å². The van der Waals surface area contributed by atoms with Crippen molar-refractivity contribution >= 4 is 17.6 Å². The summed E-state index contributed by atoms with van der Waals surface area (Å²) in [6, 6.07) is 4.94. The zero-order chi connectivity index (χ0) is 19.6. The van der Waals surface area contributed by atoms with Gasteiger partial charge in [-0.15, -0.1) is 0 Å². The summed E-state index contributed by atoms with van der Waals surface area (Å²) >= 11 is 0. The normalized spacial score (nSPS) is 13.0. The highest BCUT2D eigenvalue weighted by molar-refractivity contribution is 5.99. The Bertz CT molecular complexity index is 602. The molecule has 1 amide bonds. The molecule has 26 heavy (non-hydrogen) atoms. The second kappa shape index (κ2) is 10.8. The minimum absolute atomic E-state index is 0.230. The first-order valence-electron chi connectivity index (χ1n) is 9.31. The van der Waals surface area contributed by atoms with Crippen LogP contribution in [0, 0.1) is 0 Å². The quantitative estimate of drug-likeness (QED) is 0.595. The van der Waals surface area contributed by atoms with Gasteiger partial charge in [-0.1, -0.05) is 19.8 Å². The number of ether oxygens (including phenoxy) is 3. The Morgan fingerprint density at radius 3 is 2.38 bits per heavy atom. The number of hydrogen-bond acceptors (Lipinski definition) is 5. The summed E-state index contributed by atoms with van der Waals surface area (Å²) in [6.45, 7) is 10.5. The Balaban J connectivity index is 3.05. The second-order valence-electron chi connectivity index (χ2n) is 6.09. The van der Waals surface area contributed by atoms with Crippen molar-refractivity contribution in [1.82, 2.24) is 0 Å². The molecule has 0 saturated heterocycles. The average molecular weight is 365 g/mol. The van der Waals surface area contributed by atoms with E-state index in [9.17, 15) is 9.59 Å². The van der Waals surface area contributed by atoms with E-state index in [1.54, 1.807) is 32.0 Å². The topological polar surface area (TPSA) is 73.9 Å². The number of anilines is 1. The predicted octanol–water partition coefficient (Wildman–Crippen LogP) is 4.19. The van der Waals surface area contributed by atoms with Gasteiger partial charge in [-0.2, -0.15) is 0 Å². The van der Waals surface area contributed by atoms with Gasteiger partial charge in [0, 0.05) is 12.3 Å². The maximum absolute atomic E-state index is 12.8. The molecule has 1 aromatic rings. The summed E-state index contributed by atoms with van der Waals surface area (Å²) in [5.41, 5.74) is -0.116. The van der Waals surface area contributed by atoms with E-state index in [-0.39, 0.29) is 18.1 Å². The van der Waals surface area contributed by atoms with E-state index in [2.05, 4.69) is 12.2 Å². The van der Waals surface area contributed by atoms with Crippen LogP contribution in [0.5, 0.6) is 5.75 Å². The maximum Gasteiger partial charge on any atom is 0.341 e. The molecule has 0 bridgehead atoms. The third-order valence-corrected chi connectivity index (χ3v) is 3.98. The fourth-order valence-electron chi connectivity index (χ4n) is 2.60. The first-order valence-corrected chi connectivity index (χ1v) is 9.31. The Labute approximate surface area is 156 Å². The molecule has 0 radical (unpaired) electrons. The predicted molar refractivity (Wildman–Crippen MR) is 102 cm³/mol. The van der Waals surface area contributed by atoms with Crippen molar-refractivity contribution in [2.24, 2.45) is 0 Å². The molecule has 0 saturated carbocycles. The molecule has 0 spiro atoms. The van der Waals surface area contributed by atoms with Gasteiger partial charge in [0.05, 0.1) is 13.2 Å². The van der Waals surface area contributed by atoms with Crippen molar-refractivity contribution < 1.29 is 23.8 Å². The SMILES string of the molecule is CCCC[C@@](C)(OCC)C(=O)Nc1ccc(OCC)c(C(=O)OCC)c1. The maximum atomic E-state index is 12.8. The molecule has 0 unspecified atom stereocenters. The van der Waals surface area contributed by atoms with Gasteiger partial charge in [0.25, 0.3) is 5.91 Å². The number of benzene rings is 1. The molecule has 1 N–H and O–H groups in total. The molecule has 0 aliphatic rings. The Hall–Kier alpha value is -2.08. The fourth-order valence-corrected chi connectivity index (χ4v) is 2.60. The van der Waals surface area contributed by atoms with Crippen LogP contribution in [0.25, 0.3) is 0 Å². The molecule has 146 valence electrons. The van der Waals surface area contributed by atoms with Crippen LogP contribution in [0.2, 0.25) is 0 Å². The van der Waals surface area contributed by atoms with Crippen LogP contribution in [0.15, 0.2) is 18.2 Å². The highest BCUT2D eigenvalue weighted by atomic mass is 16.5. The Kier molecular flexibility index (Phi) is 9.13. The van der Waals surface area contributed by atoms with Crippen molar-refractivity contribution in [1.29, 1.82) is 0 Å². The number of nitrogens with one attached hydrogen (secondary N) is 1. The van der Waals surface area contributed by atoms with Gasteiger partial charge in [0.15, 0.2) is 0 Å². The lowest BCUT2D eigenvalue weighted by molar-refractivity contribution is -0.139. The molecule has 0 fully saturated rings. The summed E-state index contributed by atoms with van der Waals surface area (Å²) in [4.78, 5) is 24.9. The van der Waals surface area contributed by atoms with Crippen LogP contribution < -0.4 is 10.1 Å². The van der Waals surface area contributed by atoms with E-state index < -0.39 is 11.6 Å². The Morgan fingerprint density at radius 2 is 1.81 bits per heavy atom. The van der Waals surface area contributed by atoms with Crippen molar-refractivity contribution in [3.05, 3.63) is 23.8 Å². The van der Waals surface area contributed by atoms with Crippen LogP contribution >= 0.6 is 0 Å². The van der Waals surface area contributed by atoms with Crippen molar-refractivity contribution in [2.45, 2.75) is 59.5 Å². The monoisotopic (exact) mass is 365 g/mol. The Morgan fingerprint density at radius 1 is 1.08 bits per heavy atom. The molecule has 0 aromatic heterocycles. The van der Waals surface area contributed by atoms with E-state index in [0.29, 0.717) is 31.1 Å². The minimum Gasteiger partial charge on any atom is -0.493 e. The number of amides is 1. The number of rotatable bonds is 11. The van der Waals surface area contributed by atoms with Gasteiger partial charge in [-0.25, -0.2) is 4.79 Å². The second-order valence-corrected chi connectivity index (χ2v) is 6.09. The van der Waals surface area contributed by atoms with Crippen molar-refractivity contribution in [3.63, 3.8) is 0 Å². The third-order valence-electron chi connectivity index (χ3n) is 3.98. The van der Waals surface area contributed by atoms with Crippen LogP contribution in [0.3, 0.4) is 0 Å². The average Bonchev–Trinajstić information content (AvgIpc) is 2.61. The third kappa shape index (κ3) is 6.02. The van der Waals surface area contributed by atoms with Gasteiger partial charge in [0.1, 0.15) is 16.9 Å². The summed E-state index contributed by atoms with van der Waals surface area (Å²) in [5, 5.41) is 2.86. The van der Waals surface area contributed by atoms with E-state index in [0.717, 1.165) is 12.8 Å². The van der Waals surface area contributed by atoms with Crippen molar-refractivity contribution in [3.8, 4) is 5.75 Å². The van der Waals surface area contributed by atoms with Gasteiger partial charge in [0.2, 0.25) is 0 Å². The standard InChI is InChI=1S/C20H31NO5/c1-6-10-13-20(5,26-9-4)19(23)21-15-11-12-17(24-7-2)16(14-15)18(22)25-8-3/h11-12,14H,6-10,13H2,1-5H3,(H,21,23)/t20-/m1/s1.